The highest BCUT2D eigenvalue weighted by Crippen LogP contribution is 1.96. The molecule has 0 aromatic carbocycles. The van der Waals surface area contributed by atoms with Crippen LogP contribution in [0.1, 0.15) is 6.92 Å². The topological polar surface area (TPSA) is 80.7 Å². The van der Waals surface area contributed by atoms with Gasteiger partial charge in [-0.15, -0.1) is 0 Å². The zero-order chi connectivity index (χ0) is 9.78. The molecule has 0 unspecified atom stereocenters. The van der Waals surface area contributed by atoms with Gasteiger partial charge >= 0.3 is 5.97 Å². The second-order valence-electron chi connectivity index (χ2n) is 2.05. The average molecular weight is 194 g/mol. The Morgan fingerprint density at radius 2 is 2.08 bits per heavy atom. The van der Waals surface area contributed by atoms with Gasteiger partial charge in [0.1, 0.15) is 0 Å². The van der Waals surface area contributed by atoms with E-state index in [1.54, 1.807) is 6.92 Å². The summed E-state index contributed by atoms with van der Waals surface area (Å²) in [6, 6.07) is 0. The van der Waals surface area contributed by atoms with E-state index in [0.29, 0.717) is 5.41 Å². The summed E-state index contributed by atoms with van der Waals surface area (Å²) in [5.41, 5.74) is 0. The lowest BCUT2D eigenvalue weighted by molar-refractivity contribution is -0.141. The largest absolute Gasteiger partial charge is 0.501 e. The summed E-state index contributed by atoms with van der Waals surface area (Å²) in [7, 11) is -3.50. The van der Waals surface area contributed by atoms with Gasteiger partial charge in [-0.1, -0.05) is 0 Å². The fourth-order valence-corrected chi connectivity index (χ4v) is 0.958. The first-order valence-electron chi connectivity index (χ1n) is 3.14. The number of carbonyl (C=O) groups is 1. The predicted molar refractivity (Wildman–Crippen MR) is 42.2 cm³/mol. The van der Waals surface area contributed by atoms with Crippen LogP contribution in [0.15, 0.2) is 11.2 Å². The first-order chi connectivity index (χ1) is 5.37. The summed E-state index contributed by atoms with van der Waals surface area (Å²) in [5.74, 6) is -1.94. The van der Waals surface area contributed by atoms with Gasteiger partial charge in [-0.3, -0.25) is 0 Å². The number of aliphatic hydroxyl groups is 1. The third-order valence-electron chi connectivity index (χ3n) is 0.810. The van der Waals surface area contributed by atoms with Crippen LogP contribution in [-0.2, 0) is 19.4 Å². The van der Waals surface area contributed by atoms with Crippen molar-refractivity contribution in [3.63, 3.8) is 0 Å². The summed E-state index contributed by atoms with van der Waals surface area (Å²) < 4.78 is 25.3. The zero-order valence-corrected chi connectivity index (χ0v) is 7.59. The van der Waals surface area contributed by atoms with E-state index in [0.717, 1.165) is 6.26 Å². The van der Waals surface area contributed by atoms with Crippen LogP contribution in [0.2, 0.25) is 0 Å². The molecule has 0 aliphatic carbocycles. The van der Waals surface area contributed by atoms with Crippen LogP contribution in [0.25, 0.3) is 0 Å². The minimum atomic E-state index is -3.50. The van der Waals surface area contributed by atoms with Crippen molar-refractivity contribution in [3.8, 4) is 0 Å². The van der Waals surface area contributed by atoms with E-state index in [9.17, 15) is 13.2 Å². The molecular weight excluding hydrogens is 184 g/mol. The van der Waals surface area contributed by atoms with E-state index in [2.05, 4.69) is 4.74 Å². The summed E-state index contributed by atoms with van der Waals surface area (Å²) >= 11 is 0. The van der Waals surface area contributed by atoms with Crippen LogP contribution in [0.3, 0.4) is 0 Å². The number of sulfone groups is 1. The van der Waals surface area contributed by atoms with Crippen LogP contribution in [0.4, 0.5) is 0 Å². The molecule has 0 aliphatic rings. The molecule has 12 heavy (non-hydrogen) atoms. The van der Waals surface area contributed by atoms with Gasteiger partial charge in [0.25, 0.3) is 0 Å². The molecule has 0 bridgehead atoms. The maximum absolute atomic E-state index is 10.6. The van der Waals surface area contributed by atoms with E-state index in [4.69, 9.17) is 5.11 Å². The molecule has 0 aromatic heterocycles. The number of hydrogen-bond acceptors (Lipinski definition) is 5. The molecule has 0 amide bonds. The average Bonchev–Trinajstić information content (AvgIpc) is 1.84. The predicted octanol–water partition coefficient (Wildman–Crippen LogP) is -0.00650. The van der Waals surface area contributed by atoms with Crippen molar-refractivity contribution < 1.29 is 23.1 Å². The molecule has 0 spiro atoms. The Bertz CT molecular complexity index is 287. The third-order valence-corrected chi connectivity index (χ3v) is 1.46. The van der Waals surface area contributed by atoms with E-state index in [1.807, 2.05) is 0 Å². The lowest BCUT2D eigenvalue weighted by Crippen LogP contribution is -2.08. The van der Waals surface area contributed by atoms with Gasteiger partial charge in [-0.05, 0) is 6.92 Å². The summed E-state index contributed by atoms with van der Waals surface area (Å²) in [4.78, 5) is 10.6. The van der Waals surface area contributed by atoms with Crippen LogP contribution < -0.4 is 0 Å². The van der Waals surface area contributed by atoms with Crippen molar-refractivity contribution in [2.75, 3.05) is 12.9 Å². The number of esters is 1. The molecule has 6 heteroatoms. The number of carbonyl (C=O) groups excluding carboxylic acids is 1. The normalized spacial score (nSPS) is 12.7. The lowest BCUT2D eigenvalue weighted by Gasteiger charge is -1.98. The standard InChI is InChI=1S/C6H10O5S/c1-3-11-6(8)5(7)4-12(2,9)10/h4,7H,3H2,1-2H3. The van der Waals surface area contributed by atoms with Gasteiger partial charge in [-0.2, -0.15) is 0 Å². The Kier molecular flexibility index (Phi) is 3.75. The highest BCUT2D eigenvalue weighted by Gasteiger charge is 2.10. The molecular formula is C6H10O5S. The second-order valence-corrected chi connectivity index (χ2v) is 3.95. The van der Waals surface area contributed by atoms with Crippen LogP contribution in [0.5, 0.6) is 0 Å². The molecule has 0 radical (unpaired) electrons. The molecule has 0 saturated carbocycles. The highest BCUT2D eigenvalue weighted by molar-refractivity contribution is 7.93. The fourth-order valence-electron chi connectivity index (χ4n) is 0.456. The minimum Gasteiger partial charge on any atom is -0.501 e. The van der Waals surface area contributed by atoms with E-state index in [1.165, 1.54) is 0 Å². The second kappa shape index (κ2) is 4.10. The van der Waals surface area contributed by atoms with Gasteiger partial charge in [0.2, 0.25) is 5.76 Å². The van der Waals surface area contributed by atoms with Crippen molar-refractivity contribution in [2.45, 2.75) is 6.92 Å². The van der Waals surface area contributed by atoms with Crippen molar-refractivity contribution in [1.82, 2.24) is 0 Å². The maximum atomic E-state index is 10.6. The van der Waals surface area contributed by atoms with Crippen molar-refractivity contribution >= 4 is 15.8 Å². The minimum absolute atomic E-state index is 0.0838. The number of rotatable bonds is 3. The van der Waals surface area contributed by atoms with Gasteiger partial charge in [0.15, 0.2) is 9.84 Å². The molecule has 1 N–H and O–H groups in total. The molecule has 0 saturated heterocycles. The number of hydrogen-bond donors (Lipinski definition) is 1. The lowest BCUT2D eigenvalue weighted by atomic mass is 10.6. The van der Waals surface area contributed by atoms with Gasteiger partial charge in [0, 0.05) is 6.26 Å². The van der Waals surface area contributed by atoms with Crippen LogP contribution >= 0.6 is 0 Å². The third kappa shape index (κ3) is 4.73. The Labute approximate surface area is 70.6 Å². The molecule has 70 valence electrons. The van der Waals surface area contributed by atoms with Gasteiger partial charge in [-0.25, -0.2) is 13.2 Å². The molecule has 0 rings (SSSR count). The molecule has 0 heterocycles. The van der Waals surface area contributed by atoms with Gasteiger partial charge in [0.05, 0.1) is 12.0 Å². The van der Waals surface area contributed by atoms with Crippen LogP contribution in [0, 0.1) is 0 Å². The first kappa shape index (κ1) is 11.0. The van der Waals surface area contributed by atoms with Crippen molar-refractivity contribution in [1.29, 1.82) is 0 Å². The molecule has 0 aromatic rings. The fraction of sp³-hybridized carbons (Fsp3) is 0.500. The summed E-state index contributed by atoms with van der Waals surface area (Å²) in [6.45, 7) is 1.63. The van der Waals surface area contributed by atoms with E-state index < -0.39 is 21.6 Å². The van der Waals surface area contributed by atoms with E-state index in [-0.39, 0.29) is 6.61 Å². The van der Waals surface area contributed by atoms with Crippen molar-refractivity contribution in [2.24, 2.45) is 0 Å². The smallest absolute Gasteiger partial charge is 0.374 e. The molecule has 0 atom stereocenters. The Morgan fingerprint density at radius 3 is 2.42 bits per heavy atom. The van der Waals surface area contributed by atoms with Gasteiger partial charge < -0.3 is 9.84 Å². The first-order valence-corrected chi connectivity index (χ1v) is 5.10. The number of aliphatic hydroxyl groups excluding tert-OH is 1. The molecule has 0 aliphatic heterocycles. The van der Waals surface area contributed by atoms with E-state index >= 15 is 0 Å². The van der Waals surface area contributed by atoms with Crippen molar-refractivity contribution in [3.05, 3.63) is 11.2 Å². The molecule has 5 nitrogen and oxygen atoms in total. The maximum Gasteiger partial charge on any atom is 0.374 e. The van der Waals surface area contributed by atoms with Crippen LogP contribution in [-0.4, -0.2) is 32.4 Å². The zero-order valence-electron chi connectivity index (χ0n) is 6.77. The monoisotopic (exact) mass is 194 g/mol. The SMILES string of the molecule is CCOC(=O)C(O)=CS(C)(=O)=O. The summed E-state index contributed by atoms with van der Waals surface area (Å²) in [6.07, 6.45) is 0.864. The quantitative estimate of drug-likeness (QED) is 0.388. The highest BCUT2D eigenvalue weighted by atomic mass is 32.2. The summed E-state index contributed by atoms with van der Waals surface area (Å²) in [5, 5.41) is 9.24. The number of ether oxygens (including phenoxy) is 1. The Hall–Kier alpha value is -1.04. The Balaban J connectivity index is 4.50. The molecule has 0 fully saturated rings. The Morgan fingerprint density at radius 1 is 1.58 bits per heavy atom.